The number of benzene rings is 2. The minimum atomic E-state index is -3.62. The van der Waals surface area contributed by atoms with Crippen LogP contribution in [0, 0.1) is 0 Å². The molecule has 0 aromatic heterocycles. The zero-order valence-corrected chi connectivity index (χ0v) is 16.9. The molecule has 0 unspecified atom stereocenters. The molecule has 2 rings (SSSR count). The average molecular weight is 395 g/mol. The van der Waals surface area contributed by atoms with Gasteiger partial charge in [-0.3, -0.25) is 4.79 Å². The number of hydrogen-bond donors (Lipinski definition) is 1. The van der Waals surface area contributed by atoms with Gasteiger partial charge in [0.25, 0.3) is 5.91 Å². The fourth-order valence-corrected chi connectivity index (χ4v) is 4.07. The molecule has 5 nitrogen and oxygen atoms in total. The van der Waals surface area contributed by atoms with Crippen molar-refractivity contribution in [1.82, 2.24) is 9.62 Å². The van der Waals surface area contributed by atoms with E-state index in [2.05, 4.69) is 4.72 Å². The molecule has 0 spiro atoms. The Morgan fingerprint density at radius 2 is 1.73 bits per heavy atom. The lowest BCUT2D eigenvalue weighted by atomic mass is 10.1. The van der Waals surface area contributed by atoms with Gasteiger partial charge in [0.1, 0.15) is 0 Å². The summed E-state index contributed by atoms with van der Waals surface area (Å²) in [5.41, 5.74) is 0.760. The number of hydrogen-bond acceptors (Lipinski definition) is 3. The molecular weight excluding hydrogens is 372 g/mol. The third kappa shape index (κ3) is 5.56. The fraction of sp³-hybridized carbons (Fsp3) is 0.316. The monoisotopic (exact) mass is 394 g/mol. The van der Waals surface area contributed by atoms with E-state index >= 15 is 0 Å². The summed E-state index contributed by atoms with van der Waals surface area (Å²) < 4.78 is 27.2. The van der Waals surface area contributed by atoms with Crippen LogP contribution in [0.2, 0.25) is 5.02 Å². The number of halogens is 1. The molecule has 2 aromatic rings. The van der Waals surface area contributed by atoms with E-state index in [-0.39, 0.29) is 10.8 Å². The van der Waals surface area contributed by atoms with Crippen LogP contribution in [-0.2, 0) is 16.6 Å². The van der Waals surface area contributed by atoms with Gasteiger partial charge in [-0.15, -0.1) is 0 Å². The Bertz CT molecular complexity index is 888. The number of nitrogens with one attached hydrogen (secondary N) is 1. The van der Waals surface area contributed by atoms with Crippen LogP contribution in [0.5, 0.6) is 0 Å². The van der Waals surface area contributed by atoms with E-state index in [9.17, 15) is 13.2 Å². The summed E-state index contributed by atoms with van der Waals surface area (Å²) in [7, 11) is -1.93. The molecule has 0 aliphatic heterocycles. The van der Waals surface area contributed by atoms with Crippen LogP contribution in [0.1, 0.15) is 36.7 Å². The minimum Gasteiger partial charge on any atom is -0.337 e. The minimum absolute atomic E-state index is 0.126. The first kappa shape index (κ1) is 20.4. The van der Waals surface area contributed by atoms with Crippen LogP contribution in [0.4, 0.5) is 0 Å². The second-order valence-corrected chi connectivity index (χ2v) is 9.29. The van der Waals surface area contributed by atoms with Crippen molar-refractivity contribution in [2.45, 2.75) is 37.8 Å². The topological polar surface area (TPSA) is 66.5 Å². The lowest BCUT2D eigenvalue weighted by Gasteiger charge is -2.21. The van der Waals surface area contributed by atoms with Gasteiger partial charge in [0, 0.05) is 29.7 Å². The molecule has 26 heavy (non-hydrogen) atoms. The number of sulfonamides is 1. The summed E-state index contributed by atoms with van der Waals surface area (Å²) in [5, 5.41) is 0.615. The third-order valence-corrected chi connectivity index (χ3v) is 5.52. The fourth-order valence-electron chi connectivity index (χ4n) is 2.44. The molecule has 0 saturated heterocycles. The molecule has 0 aliphatic rings. The normalized spacial score (nSPS) is 12.0. The second-order valence-electron chi connectivity index (χ2n) is 7.17. The number of rotatable bonds is 5. The maximum atomic E-state index is 12.6. The summed E-state index contributed by atoms with van der Waals surface area (Å²) >= 11 is 5.96. The molecule has 0 heterocycles. The highest BCUT2D eigenvalue weighted by atomic mass is 35.5. The quantitative estimate of drug-likeness (QED) is 0.840. The highest BCUT2D eigenvalue weighted by Gasteiger charge is 2.22. The van der Waals surface area contributed by atoms with Gasteiger partial charge in [-0.25, -0.2) is 13.1 Å². The zero-order chi connectivity index (χ0) is 19.5. The maximum Gasteiger partial charge on any atom is 0.253 e. The van der Waals surface area contributed by atoms with E-state index in [0.717, 1.165) is 5.56 Å². The lowest BCUT2D eigenvalue weighted by Crippen LogP contribution is -2.40. The van der Waals surface area contributed by atoms with Gasteiger partial charge in [-0.05, 0) is 62.7 Å². The molecule has 0 saturated carbocycles. The molecule has 0 atom stereocenters. The Morgan fingerprint density at radius 3 is 2.27 bits per heavy atom. The highest BCUT2D eigenvalue weighted by molar-refractivity contribution is 7.89. The van der Waals surface area contributed by atoms with E-state index in [1.807, 2.05) is 12.1 Å². The van der Waals surface area contributed by atoms with Gasteiger partial charge in [0.05, 0.1) is 4.90 Å². The molecule has 0 bridgehead atoms. The van der Waals surface area contributed by atoms with Crippen LogP contribution in [0.15, 0.2) is 53.4 Å². The summed E-state index contributed by atoms with van der Waals surface area (Å²) in [6.45, 7) is 5.72. The molecule has 0 fully saturated rings. The van der Waals surface area contributed by atoms with Crippen molar-refractivity contribution in [3.8, 4) is 0 Å². The van der Waals surface area contributed by atoms with Gasteiger partial charge >= 0.3 is 0 Å². The molecular formula is C19H23ClN2O3S. The predicted molar refractivity (Wildman–Crippen MR) is 104 cm³/mol. The van der Waals surface area contributed by atoms with E-state index in [1.54, 1.807) is 44.9 Å². The molecule has 1 amide bonds. The predicted octanol–water partition coefficient (Wildman–Crippen LogP) is 3.69. The van der Waals surface area contributed by atoms with E-state index < -0.39 is 15.6 Å². The Hall–Kier alpha value is -1.89. The maximum absolute atomic E-state index is 12.6. The van der Waals surface area contributed by atoms with E-state index in [1.165, 1.54) is 24.3 Å². The number of amides is 1. The smallest absolute Gasteiger partial charge is 0.253 e. The average Bonchev–Trinajstić information content (AvgIpc) is 2.52. The van der Waals surface area contributed by atoms with E-state index in [0.29, 0.717) is 17.1 Å². The molecule has 0 radical (unpaired) electrons. The van der Waals surface area contributed by atoms with Crippen LogP contribution in [0.3, 0.4) is 0 Å². The van der Waals surface area contributed by atoms with Crippen molar-refractivity contribution in [1.29, 1.82) is 0 Å². The Balaban J connectivity index is 2.13. The summed E-state index contributed by atoms with van der Waals surface area (Å²) in [5.74, 6) is -0.197. The van der Waals surface area contributed by atoms with Gasteiger partial charge < -0.3 is 4.90 Å². The Kier molecular flexibility index (Phi) is 6.11. The van der Waals surface area contributed by atoms with Crippen LogP contribution in [-0.4, -0.2) is 31.8 Å². The number of carbonyl (C=O) groups excluding carboxylic acids is 1. The SMILES string of the molecule is CN(Cc1cccc(Cl)c1)C(=O)c1ccc(S(=O)(=O)NC(C)(C)C)cc1. The van der Waals surface area contributed by atoms with Crippen molar-refractivity contribution < 1.29 is 13.2 Å². The second kappa shape index (κ2) is 7.78. The van der Waals surface area contributed by atoms with Gasteiger partial charge in [0.15, 0.2) is 0 Å². The van der Waals surface area contributed by atoms with Crippen molar-refractivity contribution in [3.05, 3.63) is 64.7 Å². The van der Waals surface area contributed by atoms with Crippen molar-refractivity contribution in [3.63, 3.8) is 0 Å². The summed E-state index contributed by atoms with van der Waals surface area (Å²) in [4.78, 5) is 14.2. The van der Waals surface area contributed by atoms with Crippen LogP contribution >= 0.6 is 11.6 Å². The van der Waals surface area contributed by atoms with Crippen molar-refractivity contribution in [2.24, 2.45) is 0 Å². The van der Waals surface area contributed by atoms with Crippen molar-refractivity contribution >= 4 is 27.5 Å². The first-order chi connectivity index (χ1) is 12.0. The summed E-state index contributed by atoms with van der Waals surface area (Å²) in [6, 6.07) is 13.2. The van der Waals surface area contributed by atoms with Gasteiger partial charge in [-0.2, -0.15) is 0 Å². The molecule has 140 valence electrons. The van der Waals surface area contributed by atoms with Crippen LogP contribution in [0.25, 0.3) is 0 Å². The lowest BCUT2D eigenvalue weighted by molar-refractivity contribution is 0.0785. The Labute approximate surface area is 160 Å². The summed E-state index contributed by atoms with van der Waals surface area (Å²) in [6.07, 6.45) is 0. The molecule has 7 heteroatoms. The van der Waals surface area contributed by atoms with Gasteiger partial charge in [-0.1, -0.05) is 23.7 Å². The van der Waals surface area contributed by atoms with E-state index in [4.69, 9.17) is 11.6 Å². The van der Waals surface area contributed by atoms with Crippen LogP contribution < -0.4 is 4.72 Å². The first-order valence-electron chi connectivity index (χ1n) is 8.12. The molecule has 1 N–H and O–H groups in total. The highest BCUT2D eigenvalue weighted by Crippen LogP contribution is 2.16. The molecule has 2 aromatic carbocycles. The van der Waals surface area contributed by atoms with Crippen molar-refractivity contribution in [2.75, 3.05) is 7.05 Å². The first-order valence-corrected chi connectivity index (χ1v) is 9.98. The number of carbonyl (C=O) groups is 1. The zero-order valence-electron chi connectivity index (χ0n) is 15.3. The Morgan fingerprint density at radius 1 is 1.12 bits per heavy atom. The largest absolute Gasteiger partial charge is 0.337 e. The number of nitrogens with zero attached hydrogens (tertiary/aromatic N) is 1. The third-order valence-electron chi connectivity index (χ3n) is 3.51. The standard InChI is InChI=1S/C19H23ClN2O3S/c1-19(2,3)21-26(24,25)17-10-8-15(9-11-17)18(23)22(4)13-14-6-5-7-16(20)12-14/h5-12,21H,13H2,1-4H3. The van der Waals surface area contributed by atoms with Gasteiger partial charge in [0.2, 0.25) is 10.0 Å². The molecule has 0 aliphatic carbocycles.